The first kappa shape index (κ1) is 10.1. The van der Waals surface area contributed by atoms with Gasteiger partial charge < -0.3 is 10.2 Å². The average Bonchev–Trinajstić information content (AvgIpc) is 2.97. The minimum absolute atomic E-state index is 0.607. The number of nitrogens with one attached hydrogen (secondary N) is 1. The summed E-state index contributed by atoms with van der Waals surface area (Å²) in [5, 5.41) is 6.77. The van der Waals surface area contributed by atoms with Crippen LogP contribution in [0.25, 0.3) is 10.1 Å². The van der Waals surface area contributed by atoms with Crippen molar-refractivity contribution in [2.75, 3.05) is 25.0 Å². The normalized spacial score (nSPS) is 20.8. The second kappa shape index (κ2) is 4.03. The highest BCUT2D eigenvalue weighted by molar-refractivity contribution is 7.17. The van der Waals surface area contributed by atoms with E-state index in [1.54, 1.807) is 11.3 Å². The number of fused-ring (bicyclic) bond motifs is 1. The molecule has 0 amide bonds. The predicted octanol–water partition coefficient (Wildman–Crippen LogP) is 2.09. The molecule has 3 heterocycles. The largest absolute Gasteiger partial charge is 0.354 e. The van der Waals surface area contributed by atoms with E-state index in [4.69, 9.17) is 0 Å². The minimum atomic E-state index is 0.607. The molecule has 1 fully saturated rings. The lowest BCUT2D eigenvalue weighted by molar-refractivity contribution is 0.616. The molecule has 1 N–H and O–H groups in total. The summed E-state index contributed by atoms with van der Waals surface area (Å²) in [6, 6.07) is 4.88. The molecule has 0 radical (unpaired) electrons. The molecule has 2 aromatic rings. The predicted molar refractivity (Wildman–Crippen MR) is 69.3 cm³/mol. The number of aromatic nitrogens is 1. The Morgan fingerprint density at radius 1 is 1.50 bits per heavy atom. The molecule has 0 bridgehead atoms. The van der Waals surface area contributed by atoms with Gasteiger partial charge in [0.1, 0.15) is 5.82 Å². The lowest BCUT2D eigenvalue weighted by Gasteiger charge is -2.18. The van der Waals surface area contributed by atoms with E-state index in [-0.39, 0.29) is 0 Å². The first-order valence-corrected chi connectivity index (χ1v) is 6.51. The molecular weight excluding hydrogens is 218 g/mol. The minimum Gasteiger partial charge on any atom is -0.354 e. The van der Waals surface area contributed by atoms with Gasteiger partial charge in [0.25, 0.3) is 0 Å². The van der Waals surface area contributed by atoms with Crippen molar-refractivity contribution < 1.29 is 0 Å². The summed E-state index contributed by atoms with van der Waals surface area (Å²) < 4.78 is 1.33. The molecule has 3 rings (SSSR count). The Labute approximate surface area is 99.1 Å². The van der Waals surface area contributed by atoms with Gasteiger partial charge in [-0.1, -0.05) is 0 Å². The highest BCUT2D eigenvalue weighted by Gasteiger charge is 2.23. The van der Waals surface area contributed by atoms with Gasteiger partial charge in [-0.25, -0.2) is 4.98 Å². The van der Waals surface area contributed by atoms with Gasteiger partial charge >= 0.3 is 0 Å². The average molecular weight is 233 g/mol. The Morgan fingerprint density at radius 3 is 3.25 bits per heavy atom. The lowest BCUT2D eigenvalue weighted by Crippen LogP contribution is -2.29. The zero-order valence-electron chi connectivity index (χ0n) is 9.31. The number of nitrogens with zero attached hydrogens (tertiary/aromatic N) is 2. The van der Waals surface area contributed by atoms with Gasteiger partial charge in [0, 0.05) is 35.4 Å². The zero-order valence-corrected chi connectivity index (χ0v) is 10.1. The summed E-state index contributed by atoms with van der Waals surface area (Å²) in [7, 11) is 2.03. The van der Waals surface area contributed by atoms with Crippen molar-refractivity contribution >= 4 is 27.2 Å². The third-order valence-corrected chi connectivity index (χ3v) is 4.14. The van der Waals surface area contributed by atoms with Crippen LogP contribution in [0.15, 0.2) is 23.7 Å². The first-order valence-electron chi connectivity index (χ1n) is 5.63. The molecule has 1 aliphatic heterocycles. The first-order chi connectivity index (χ1) is 7.88. The second-order valence-electron chi connectivity index (χ2n) is 4.19. The molecule has 1 unspecified atom stereocenters. The summed E-state index contributed by atoms with van der Waals surface area (Å²) in [5.74, 6) is 1.15. The van der Waals surface area contributed by atoms with Crippen LogP contribution in [-0.4, -0.2) is 31.2 Å². The summed E-state index contributed by atoms with van der Waals surface area (Å²) in [6.45, 7) is 2.17. The molecule has 1 saturated heterocycles. The van der Waals surface area contributed by atoms with E-state index in [1.165, 1.54) is 16.5 Å². The van der Waals surface area contributed by atoms with E-state index in [9.17, 15) is 0 Å². The zero-order chi connectivity index (χ0) is 11.0. The topological polar surface area (TPSA) is 28.2 Å². The molecule has 0 aromatic carbocycles. The van der Waals surface area contributed by atoms with E-state index in [0.29, 0.717) is 6.04 Å². The van der Waals surface area contributed by atoms with E-state index < -0.39 is 0 Å². The van der Waals surface area contributed by atoms with Crippen LogP contribution in [-0.2, 0) is 0 Å². The second-order valence-corrected chi connectivity index (χ2v) is 5.13. The van der Waals surface area contributed by atoms with E-state index in [2.05, 4.69) is 32.7 Å². The van der Waals surface area contributed by atoms with E-state index in [0.717, 1.165) is 18.9 Å². The highest BCUT2D eigenvalue weighted by Crippen LogP contribution is 2.30. The SMILES string of the molecule is CNC1CCN(c2nccc3sccc23)C1. The number of hydrogen-bond acceptors (Lipinski definition) is 4. The Bertz CT molecular complexity index is 494. The van der Waals surface area contributed by atoms with Gasteiger partial charge in [-0.05, 0) is 31.0 Å². The van der Waals surface area contributed by atoms with Gasteiger partial charge in [-0.2, -0.15) is 0 Å². The molecule has 0 saturated carbocycles. The van der Waals surface area contributed by atoms with Crippen molar-refractivity contribution in [3.05, 3.63) is 23.7 Å². The molecule has 16 heavy (non-hydrogen) atoms. The van der Waals surface area contributed by atoms with Gasteiger partial charge in [0.05, 0.1) is 0 Å². The van der Waals surface area contributed by atoms with Crippen LogP contribution in [0.4, 0.5) is 5.82 Å². The molecular formula is C12H15N3S. The molecule has 1 atom stereocenters. The van der Waals surface area contributed by atoms with Crippen LogP contribution >= 0.6 is 11.3 Å². The van der Waals surface area contributed by atoms with Crippen molar-refractivity contribution in [3.8, 4) is 0 Å². The summed E-state index contributed by atoms with van der Waals surface area (Å²) >= 11 is 1.78. The summed E-state index contributed by atoms with van der Waals surface area (Å²) in [4.78, 5) is 6.92. The molecule has 84 valence electrons. The van der Waals surface area contributed by atoms with Crippen molar-refractivity contribution in [2.45, 2.75) is 12.5 Å². The maximum absolute atomic E-state index is 4.53. The molecule has 1 aliphatic rings. The van der Waals surface area contributed by atoms with Crippen LogP contribution in [0.1, 0.15) is 6.42 Å². The Kier molecular flexibility index (Phi) is 2.53. The maximum Gasteiger partial charge on any atom is 0.137 e. The number of rotatable bonds is 2. The fourth-order valence-corrected chi connectivity index (χ4v) is 3.10. The molecule has 0 aliphatic carbocycles. The van der Waals surface area contributed by atoms with Gasteiger partial charge in [-0.3, -0.25) is 0 Å². The smallest absolute Gasteiger partial charge is 0.137 e. The number of thiophene rings is 1. The quantitative estimate of drug-likeness (QED) is 0.861. The van der Waals surface area contributed by atoms with Crippen LogP contribution in [0.2, 0.25) is 0 Å². The number of likely N-dealkylation sites (N-methyl/N-ethyl adjacent to an activating group) is 1. The molecule has 0 spiro atoms. The van der Waals surface area contributed by atoms with Crippen LogP contribution in [0, 0.1) is 0 Å². The van der Waals surface area contributed by atoms with Gasteiger partial charge in [-0.15, -0.1) is 11.3 Å². The third kappa shape index (κ3) is 1.58. The van der Waals surface area contributed by atoms with E-state index in [1.807, 2.05) is 13.2 Å². The monoisotopic (exact) mass is 233 g/mol. The summed E-state index contributed by atoms with van der Waals surface area (Å²) in [6.07, 6.45) is 3.12. The van der Waals surface area contributed by atoms with Gasteiger partial charge in [0.15, 0.2) is 0 Å². The fourth-order valence-electron chi connectivity index (χ4n) is 2.32. The van der Waals surface area contributed by atoms with Crippen molar-refractivity contribution in [2.24, 2.45) is 0 Å². The molecule has 2 aromatic heterocycles. The van der Waals surface area contributed by atoms with Crippen molar-refractivity contribution in [1.82, 2.24) is 10.3 Å². The fraction of sp³-hybridized carbons (Fsp3) is 0.417. The van der Waals surface area contributed by atoms with Crippen molar-refractivity contribution in [1.29, 1.82) is 0 Å². The standard InChI is InChI=1S/C12H15N3S/c1-13-9-3-6-15(8-9)12-10-4-7-16-11(10)2-5-14-12/h2,4-5,7,9,13H,3,6,8H2,1H3. The highest BCUT2D eigenvalue weighted by atomic mass is 32.1. The molecule has 3 nitrogen and oxygen atoms in total. The van der Waals surface area contributed by atoms with Crippen molar-refractivity contribution in [3.63, 3.8) is 0 Å². The molecule has 4 heteroatoms. The Morgan fingerprint density at radius 2 is 2.44 bits per heavy atom. The van der Waals surface area contributed by atoms with E-state index >= 15 is 0 Å². The number of anilines is 1. The third-order valence-electron chi connectivity index (χ3n) is 3.25. The number of pyridine rings is 1. The Hall–Kier alpha value is -1.13. The van der Waals surface area contributed by atoms with Crippen LogP contribution in [0.5, 0.6) is 0 Å². The van der Waals surface area contributed by atoms with Crippen LogP contribution in [0.3, 0.4) is 0 Å². The maximum atomic E-state index is 4.53. The number of hydrogen-bond donors (Lipinski definition) is 1. The lowest BCUT2D eigenvalue weighted by atomic mass is 10.3. The van der Waals surface area contributed by atoms with Crippen LogP contribution < -0.4 is 10.2 Å². The summed E-state index contributed by atoms with van der Waals surface area (Å²) in [5.41, 5.74) is 0. The Balaban J connectivity index is 1.97. The van der Waals surface area contributed by atoms with Gasteiger partial charge in [0.2, 0.25) is 0 Å².